The molecule has 0 spiro atoms. The van der Waals surface area contributed by atoms with E-state index < -0.39 is 0 Å². The van der Waals surface area contributed by atoms with E-state index in [0.29, 0.717) is 6.42 Å². The van der Waals surface area contributed by atoms with Gasteiger partial charge in [0.2, 0.25) is 5.91 Å². The van der Waals surface area contributed by atoms with Crippen LogP contribution in [0.4, 0.5) is 11.4 Å². The summed E-state index contributed by atoms with van der Waals surface area (Å²) in [5.41, 5.74) is 3.60. The zero-order valence-corrected chi connectivity index (χ0v) is 16.4. The summed E-state index contributed by atoms with van der Waals surface area (Å²) in [5.74, 6) is 0.262. The molecule has 27 heavy (non-hydrogen) atoms. The molecular weight excluding hydrogens is 358 g/mol. The standard InChI is InChI=1S/C22H26ClN3O/c23-19-6-3-7-20(17-19)25-15-13-24(14-16-25)11-4-9-22(27)26-12-10-18-5-1-2-8-21(18)26/h1-3,5-8,17H,4,9-16H2. The van der Waals surface area contributed by atoms with E-state index in [9.17, 15) is 4.79 Å². The van der Waals surface area contributed by atoms with Crippen LogP contribution in [0.2, 0.25) is 5.02 Å². The number of piperazine rings is 1. The molecule has 0 bridgehead atoms. The van der Waals surface area contributed by atoms with E-state index in [2.05, 4.69) is 34.1 Å². The van der Waals surface area contributed by atoms with Gasteiger partial charge in [-0.15, -0.1) is 0 Å². The van der Waals surface area contributed by atoms with Crippen molar-refractivity contribution >= 4 is 28.9 Å². The molecule has 0 saturated carbocycles. The monoisotopic (exact) mass is 383 g/mol. The van der Waals surface area contributed by atoms with Gasteiger partial charge in [-0.1, -0.05) is 35.9 Å². The molecule has 2 aliphatic rings. The average Bonchev–Trinajstić information content (AvgIpc) is 3.13. The number of anilines is 2. The van der Waals surface area contributed by atoms with Crippen LogP contribution in [0.25, 0.3) is 0 Å². The summed E-state index contributed by atoms with van der Waals surface area (Å²) in [4.78, 5) is 19.4. The van der Waals surface area contributed by atoms with Gasteiger partial charge in [0, 0.05) is 55.5 Å². The Kier molecular flexibility index (Phi) is 5.65. The number of fused-ring (bicyclic) bond motifs is 1. The van der Waals surface area contributed by atoms with Crippen molar-refractivity contribution in [1.29, 1.82) is 0 Å². The third kappa shape index (κ3) is 4.28. The van der Waals surface area contributed by atoms with Crippen LogP contribution in [-0.4, -0.2) is 50.1 Å². The Morgan fingerprint density at radius 3 is 2.59 bits per heavy atom. The molecule has 4 nitrogen and oxygen atoms in total. The second kappa shape index (κ2) is 8.32. The summed E-state index contributed by atoms with van der Waals surface area (Å²) in [6.07, 6.45) is 2.53. The van der Waals surface area contributed by atoms with Crippen molar-refractivity contribution in [2.75, 3.05) is 49.1 Å². The Hall–Kier alpha value is -2.04. The van der Waals surface area contributed by atoms with Gasteiger partial charge in [0.25, 0.3) is 0 Å². The van der Waals surface area contributed by atoms with E-state index in [1.54, 1.807) is 0 Å². The van der Waals surface area contributed by atoms with Gasteiger partial charge in [-0.05, 0) is 49.2 Å². The lowest BCUT2D eigenvalue weighted by molar-refractivity contribution is -0.118. The summed E-state index contributed by atoms with van der Waals surface area (Å²) < 4.78 is 0. The molecule has 5 heteroatoms. The Labute approximate surface area is 166 Å². The minimum atomic E-state index is 0.262. The number of hydrogen-bond acceptors (Lipinski definition) is 3. The minimum Gasteiger partial charge on any atom is -0.369 e. The highest BCUT2D eigenvalue weighted by molar-refractivity contribution is 6.30. The van der Waals surface area contributed by atoms with Gasteiger partial charge >= 0.3 is 0 Å². The molecule has 0 atom stereocenters. The van der Waals surface area contributed by atoms with Gasteiger partial charge in [0.05, 0.1) is 0 Å². The molecule has 1 fully saturated rings. The Balaban J connectivity index is 1.21. The number of nitrogens with zero attached hydrogens (tertiary/aromatic N) is 3. The van der Waals surface area contributed by atoms with Crippen molar-refractivity contribution in [3.8, 4) is 0 Å². The highest BCUT2D eigenvalue weighted by atomic mass is 35.5. The first kappa shape index (κ1) is 18.3. The predicted molar refractivity (Wildman–Crippen MR) is 112 cm³/mol. The topological polar surface area (TPSA) is 26.8 Å². The second-order valence-electron chi connectivity index (χ2n) is 7.34. The van der Waals surface area contributed by atoms with Gasteiger partial charge in [-0.25, -0.2) is 0 Å². The minimum absolute atomic E-state index is 0.262. The quantitative estimate of drug-likeness (QED) is 0.785. The Morgan fingerprint density at radius 2 is 1.78 bits per heavy atom. The van der Waals surface area contributed by atoms with E-state index in [4.69, 9.17) is 11.6 Å². The number of para-hydroxylation sites is 1. The maximum Gasteiger partial charge on any atom is 0.227 e. The fourth-order valence-electron chi connectivity index (χ4n) is 4.09. The van der Waals surface area contributed by atoms with Crippen LogP contribution in [-0.2, 0) is 11.2 Å². The highest BCUT2D eigenvalue weighted by Gasteiger charge is 2.24. The Bertz CT molecular complexity index is 802. The van der Waals surface area contributed by atoms with Gasteiger partial charge in [0.15, 0.2) is 0 Å². The van der Waals surface area contributed by atoms with Crippen molar-refractivity contribution < 1.29 is 4.79 Å². The number of hydrogen-bond donors (Lipinski definition) is 0. The van der Waals surface area contributed by atoms with Crippen LogP contribution in [0.1, 0.15) is 18.4 Å². The van der Waals surface area contributed by atoms with Crippen LogP contribution in [0.5, 0.6) is 0 Å². The van der Waals surface area contributed by atoms with Crippen molar-refractivity contribution in [3.63, 3.8) is 0 Å². The van der Waals surface area contributed by atoms with Gasteiger partial charge in [0.1, 0.15) is 0 Å². The van der Waals surface area contributed by atoms with Crippen LogP contribution < -0.4 is 9.80 Å². The van der Waals surface area contributed by atoms with Gasteiger partial charge in [-0.3, -0.25) is 9.69 Å². The number of carbonyl (C=O) groups is 1. The van der Waals surface area contributed by atoms with E-state index >= 15 is 0 Å². The largest absolute Gasteiger partial charge is 0.369 e. The molecule has 0 unspecified atom stereocenters. The van der Waals surface area contributed by atoms with Gasteiger partial charge in [-0.2, -0.15) is 0 Å². The van der Waals surface area contributed by atoms with Crippen molar-refractivity contribution in [1.82, 2.24) is 4.90 Å². The maximum absolute atomic E-state index is 12.6. The molecule has 2 aliphatic heterocycles. The molecule has 0 aliphatic carbocycles. The lowest BCUT2D eigenvalue weighted by Crippen LogP contribution is -2.46. The molecular formula is C22H26ClN3O. The number of amides is 1. The Morgan fingerprint density at radius 1 is 0.963 bits per heavy atom. The maximum atomic E-state index is 12.6. The third-order valence-corrected chi connectivity index (χ3v) is 5.83. The zero-order valence-electron chi connectivity index (χ0n) is 15.6. The summed E-state index contributed by atoms with van der Waals surface area (Å²) in [6.45, 7) is 5.91. The van der Waals surface area contributed by atoms with E-state index in [-0.39, 0.29) is 5.91 Å². The fourth-order valence-corrected chi connectivity index (χ4v) is 4.27. The molecule has 2 aromatic carbocycles. The lowest BCUT2D eigenvalue weighted by Gasteiger charge is -2.36. The first-order valence-corrected chi connectivity index (χ1v) is 10.2. The first-order valence-electron chi connectivity index (χ1n) is 9.82. The number of halogens is 1. The number of carbonyl (C=O) groups excluding carboxylic acids is 1. The second-order valence-corrected chi connectivity index (χ2v) is 7.77. The molecule has 0 N–H and O–H groups in total. The van der Waals surface area contributed by atoms with E-state index in [1.165, 1.54) is 11.3 Å². The van der Waals surface area contributed by atoms with Crippen LogP contribution in [0, 0.1) is 0 Å². The summed E-state index contributed by atoms with van der Waals surface area (Å²) in [7, 11) is 0. The number of benzene rings is 2. The fraction of sp³-hybridized carbons (Fsp3) is 0.409. The molecule has 2 heterocycles. The lowest BCUT2D eigenvalue weighted by atomic mass is 10.2. The third-order valence-electron chi connectivity index (χ3n) is 5.60. The van der Waals surface area contributed by atoms with E-state index in [1.807, 2.05) is 29.2 Å². The predicted octanol–water partition coefficient (Wildman–Crippen LogP) is 3.83. The van der Waals surface area contributed by atoms with Gasteiger partial charge < -0.3 is 9.80 Å². The summed E-state index contributed by atoms with van der Waals surface area (Å²) >= 11 is 6.10. The molecule has 0 radical (unpaired) electrons. The molecule has 2 aromatic rings. The molecule has 1 saturated heterocycles. The molecule has 4 rings (SSSR count). The zero-order chi connectivity index (χ0) is 18.6. The SMILES string of the molecule is O=C(CCCN1CCN(c2cccc(Cl)c2)CC1)N1CCc2ccccc21. The number of rotatable bonds is 5. The van der Waals surface area contributed by atoms with Crippen LogP contribution >= 0.6 is 11.6 Å². The van der Waals surface area contributed by atoms with Crippen molar-refractivity contribution in [3.05, 3.63) is 59.1 Å². The highest BCUT2D eigenvalue weighted by Crippen LogP contribution is 2.28. The first-order chi connectivity index (χ1) is 13.2. The van der Waals surface area contributed by atoms with Crippen molar-refractivity contribution in [2.24, 2.45) is 0 Å². The summed E-state index contributed by atoms with van der Waals surface area (Å²) in [6, 6.07) is 16.3. The molecule has 0 aromatic heterocycles. The summed E-state index contributed by atoms with van der Waals surface area (Å²) in [5, 5.41) is 0.789. The molecule has 142 valence electrons. The van der Waals surface area contributed by atoms with E-state index in [0.717, 1.165) is 62.8 Å². The van der Waals surface area contributed by atoms with Crippen molar-refractivity contribution in [2.45, 2.75) is 19.3 Å². The smallest absolute Gasteiger partial charge is 0.227 e. The average molecular weight is 384 g/mol. The van der Waals surface area contributed by atoms with Crippen LogP contribution in [0.3, 0.4) is 0 Å². The molecule has 1 amide bonds. The van der Waals surface area contributed by atoms with Crippen LogP contribution in [0.15, 0.2) is 48.5 Å². The normalized spacial score (nSPS) is 17.2.